The predicted molar refractivity (Wildman–Crippen MR) is 140 cm³/mol. The van der Waals surface area contributed by atoms with E-state index in [0.29, 0.717) is 65.3 Å². The van der Waals surface area contributed by atoms with Gasteiger partial charge in [-0.05, 0) is 18.3 Å². The summed E-state index contributed by atoms with van der Waals surface area (Å²) < 4.78 is 16.9. The topological polar surface area (TPSA) is 85.8 Å². The number of hydrogen-bond acceptors (Lipinski definition) is 8. The number of carbonyl (C=O) groups excluding carboxylic acids is 1. The molecule has 0 aliphatic carbocycles. The van der Waals surface area contributed by atoms with Gasteiger partial charge in [0.2, 0.25) is 0 Å². The fourth-order valence-electron chi connectivity index (χ4n) is 4.05. The second-order valence-corrected chi connectivity index (χ2v) is 10.5. The number of unbranched alkanes of at least 4 members (excludes halogenated alkanes) is 2. The molecule has 194 valence electrons. The molecule has 1 fully saturated rings. The van der Waals surface area contributed by atoms with E-state index in [2.05, 4.69) is 41.0 Å². The Morgan fingerprint density at radius 3 is 2.54 bits per heavy atom. The average molecular weight is 507 g/mol. The van der Waals surface area contributed by atoms with E-state index in [1.807, 2.05) is 12.1 Å². The number of hydrogen-bond donors (Lipinski definition) is 1. The highest BCUT2D eigenvalue weighted by atomic mass is 35.5. The first-order chi connectivity index (χ1) is 16.7. The van der Waals surface area contributed by atoms with E-state index < -0.39 is 0 Å². The SMILES string of the molecule is COc1cc2nc(NCCCCCC(=O)CC(C)(C)C)c(Cl)nc2cc1OCCN1CCOCC1. The van der Waals surface area contributed by atoms with Gasteiger partial charge in [0.15, 0.2) is 22.5 Å². The molecule has 0 saturated carbocycles. The maximum Gasteiger partial charge on any atom is 0.172 e. The number of nitrogens with zero attached hydrogens (tertiary/aromatic N) is 3. The molecule has 0 bridgehead atoms. The zero-order chi connectivity index (χ0) is 25.3. The molecular weight excluding hydrogens is 468 g/mol. The third-order valence-electron chi connectivity index (χ3n) is 5.83. The van der Waals surface area contributed by atoms with Crippen molar-refractivity contribution in [2.24, 2.45) is 5.41 Å². The molecule has 1 aliphatic rings. The lowest BCUT2D eigenvalue weighted by Crippen LogP contribution is -2.38. The molecule has 0 atom stereocenters. The lowest BCUT2D eigenvalue weighted by Gasteiger charge is -2.26. The van der Waals surface area contributed by atoms with Gasteiger partial charge in [0.25, 0.3) is 0 Å². The highest BCUT2D eigenvalue weighted by molar-refractivity contribution is 6.32. The number of Topliss-reactive ketones (excluding diaryl/α,β-unsaturated/α-hetero) is 1. The van der Waals surface area contributed by atoms with Crippen LogP contribution in [0.1, 0.15) is 52.9 Å². The summed E-state index contributed by atoms with van der Waals surface area (Å²) in [7, 11) is 1.62. The number of fused-ring (bicyclic) bond motifs is 1. The van der Waals surface area contributed by atoms with Gasteiger partial charge in [-0.1, -0.05) is 38.8 Å². The van der Waals surface area contributed by atoms with Crippen molar-refractivity contribution < 1.29 is 19.0 Å². The van der Waals surface area contributed by atoms with Crippen LogP contribution in [0, 0.1) is 5.41 Å². The van der Waals surface area contributed by atoms with Crippen LogP contribution in [-0.2, 0) is 9.53 Å². The smallest absolute Gasteiger partial charge is 0.172 e. The molecule has 1 aromatic heterocycles. The van der Waals surface area contributed by atoms with Gasteiger partial charge in [-0.3, -0.25) is 9.69 Å². The van der Waals surface area contributed by atoms with Crippen molar-refractivity contribution in [2.75, 3.05) is 58.4 Å². The summed E-state index contributed by atoms with van der Waals surface area (Å²) in [6, 6.07) is 3.65. The maximum absolute atomic E-state index is 12.0. The Morgan fingerprint density at radius 1 is 1.11 bits per heavy atom. The zero-order valence-electron chi connectivity index (χ0n) is 21.5. The molecular formula is C26H39ClN4O4. The van der Waals surface area contributed by atoms with Crippen molar-refractivity contribution in [1.29, 1.82) is 0 Å². The fourth-order valence-corrected chi connectivity index (χ4v) is 4.25. The molecule has 3 rings (SSSR count). The van der Waals surface area contributed by atoms with Crippen molar-refractivity contribution >= 4 is 34.2 Å². The molecule has 2 heterocycles. The van der Waals surface area contributed by atoms with Gasteiger partial charge in [0.05, 0.1) is 31.4 Å². The summed E-state index contributed by atoms with van der Waals surface area (Å²) in [6.45, 7) is 11.7. The van der Waals surface area contributed by atoms with Gasteiger partial charge < -0.3 is 19.5 Å². The predicted octanol–water partition coefficient (Wildman–Crippen LogP) is 4.98. The summed E-state index contributed by atoms with van der Waals surface area (Å²) >= 11 is 6.41. The van der Waals surface area contributed by atoms with Crippen molar-refractivity contribution in [3.8, 4) is 11.5 Å². The van der Waals surface area contributed by atoms with E-state index in [-0.39, 0.29) is 5.41 Å². The number of carbonyl (C=O) groups is 1. The quantitative estimate of drug-likeness (QED) is 0.381. The second-order valence-electron chi connectivity index (χ2n) is 10.2. The van der Waals surface area contributed by atoms with Gasteiger partial charge in [-0.2, -0.15) is 0 Å². The monoisotopic (exact) mass is 506 g/mol. The molecule has 0 amide bonds. The van der Waals surface area contributed by atoms with Crippen molar-refractivity contribution in [2.45, 2.75) is 52.9 Å². The van der Waals surface area contributed by atoms with E-state index in [1.54, 1.807) is 7.11 Å². The fraction of sp³-hybridized carbons (Fsp3) is 0.654. The van der Waals surface area contributed by atoms with Crippen LogP contribution >= 0.6 is 11.6 Å². The van der Waals surface area contributed by atoms with Crippen LogP contribution in [0.2, 0.25) is 5.15 Å². The third-order valence-corrected chi connectivity index (χ3v) is 6.09. The highest BCUT2D eigenvalue weighted by Gasteiger charge is 2.16. The van der Waals surface area contributed by atoms with Crippen LogP contribution in [0.5, 0.6) is 11.5 Å². The standard InChI is InChI=1S/C26H39ClN4O4/c1-26(2,3)18-19(32)8-6-5-7-9-28-25-24(27)29-20-17-23(22(33-4)16-21(20)30-25)35-15-12-31-10-13-34-14-11-31/h16-17H,5-15,18H2,1-4H3,(H,28,30). The largest absolute Gasteiger partial charge is 0.493 e. The summed E-state index contributed by atoms with van der Waals surface area (Å²) in [4.78, 5) is 23.5. The van der Waals surface area contributed by atoms with Crippen LogP contribution in [-0.4, -0.2) is 73.8 Å². The number of ketones is 1. The molecule has 1 aromatic carbocycles. The first-order valence-corrected chi connectivity index (χ1v) is 12.9. The van der Waals surface area contributed by atoms with E-state index in [0.717, 1.165) is 52.1 Å². The highest BCUT2D eigenvalue weighted by Crippen LogP contribution is 2.33. The molecule has 8 nitrogen and oxygen atoms in total. The maximum atomic E-state index is 12.0. The Balaban J connectivity index is 1.50. The van der Waals surface area contributed by atoms with Crippen LogP contribution in [0.25, 0.3) is 11.0 Å². The molecule has 1 N–H and O–H groups in total. The lowest BCUT2D eigenvalue weighted by atomic mass is 9.88. The molecule has 0 radical (unpaired) electrons. The number of rotatable bonds is 13. The van der Waals surface area contributed by atoms with Gasteiger partial charge in [-0.15, -0.1) is 0 Å². The molecule has 35 heavy (non-hydrogen) atoms. The van der Waals surface area contributed by atoms with E-state index in [4.69, 9.17) is 25.8 Å². The average Bonchev–Trinajstić information content (AvgIpc) is 2.80. The van der Waals surface area contributed by atoms with Gasteiger partial charge in [0, 0.05) is 51.2 Å². The number of nitrogens with one attached hydrogen (secondary N) is 1. The first-order valence-electron chi connectivity index (χ1n) is 12.5. The van der Waals surface area contributed by atoms with E-state index in [1.165, 1.54) is 0 Å². The normalized spacial score (nSPS) is 14.8. The van der Waals surface area contributed by atoms with Crippen LogP contribution < -0.4 is 14.8 Å². The summed E-state index contributed by atoms with van der Waals surface area (Å²) in [5, 5.41) is 3.60. The zero-order valence-corrected chi connectivity index (χ0v) is 22.2. The number of morpholine rings is 1. The summed E-state index contributed by atoms with van der Waals surface area (Å²) in [6.07, 6.45) is 4.08. The van der Waals surface area contributed by atoms with Gasteiger partial charge >= 0.3 is 0 Å². The Morgan fingerprint density at radius 2 is 1.83 bits per heavy atom. The van der Waals surface area contributed by atoms with Crippen LogP contribution in [0.3, 0.4) is 0 Å². The second kappa shape index (κ2) is 13.2. The lowest BCUT2D eigenvalue weighted by molar-refractivity contribution is -0.120. The van der Waals surface area contributed by atoms with E-state index >= 15 is 0 Å². The van der Waals surface area contributed by atoms with Gasteiger partial charge in [-0.25, -0.2) is 9.97 Å². The number of ether oxygens (including phenoxy) is 3. The Kier molecular flexibility index (Phi) is 10.4. The molecule has 0 unspecified atom stereocenters. The summed E-state index contributed by atoms with van der Waals surface area (Å²) in [5.74, 6) is 2.13. The molecule has 9 heteroatoms. The van der Waals surface area contributed by atoms with Crippen LogP contribution in [0.15, 0.2) is 12.1 Å². The molecule has 1 aliphatic heterocycles. The Hall–Kier alpha value is -2.16. The van der Waals surface area contributed by atoms with Crippen molar-refractivity contribution in [1.82, 2.24) is 14.9 Å². The minimum atomic E-state index is 0.0582. The molecule has 2 aromatic rings. The number of benzene rings is 1. The first kappa shape index (κ1) is 27.4. The third kappa shape index (κ3) is 9.09. The number of anilines is 1. The Labute approximate surface area is 213 Å². The minimum absolute atomic E-state index is 0.0582. The van der Waals surface area contributed by atoms with Crippen LogP contribution in [0.4, 0.5) is 5.82 Å². The Bertz CT molecular complexity index is 974. The van der Waals surface area contributed by atoms with Gasteiger partial charge in [0.1, 0.15) is 12.4 Å². The van der Waals surface area contributed by atoms with Crippen molar-refractivity contribution in [3.05, 3.63) is 17.3 Å². The van der Waals surface area contributed by atoms with Crippen molar-refractivity contribution in [3.63, 3.8) is 0 Å². The summed E-state index contributed by atoms with van der Waals surface area (Å²) in [5.41, 5.74) is 1.39. The van der Waals surface area contributed by atoms with E-state index in [9.17, 15) is 4.79 Å². The number of methoxy groups -OCH3 is 1. The number of aromatic nitrogens is 2. The molecule has 1 saturated heterocycles. The number of halogens is 1. The molecule has 0 spiro atoms. The minimum Gasteiger partial charge on any atom is -0.493 e.